The van der Waals surface area contributed by atoms with Crippen LogP contribution in [0.15, 0.2) is 22.6 Å². The normalized spacial score (nSPS) is 11.1. The van der Waals surface area contributed by atoms with E-state index in [2.05, 4.69) is 10.3 Å². The van der Waals surface area contributed by atoms with E-state index in [4.69, 9.17) is 13.9 Å². The molecule has 19 heavy (non-hydrogen) atoms. The van der Waals surface area contributed by atoms with E-state index in [1.807, 2.05) is 0 Å². The highest BCUT2D eigenvalue weighted by atomic mass is 16.7. The molecule has 0 aliphatic heterocycles. The third-order valence-electron chi connectivity index (χ3n) is 2.54. The van der Waals surface area contributed by atoms with Crippen LogP contribution >= 0.6 is 0 Å². The number of aromatic nitrogens is 1. The van der Waals surface area contributed by atoms with Crippen LogP contribution in [0.1, 0.15) is 0 Å². The number of non-ortho nitro benzene ring substituents is 1. The summed E-state index contributed by atoms with van der Waals surface area (Å²) >= 11 is 0. The van der Waals surface area contributed by atoms with Gasteiger partial charge in [0.05, 0.1) is 11.5 Å². The number of hydrogen-bond acceptors (Lipinski definition) is 7. The summed E-state index contributed by atoms with van der Waals surface area (Å²) in [5.74, 6) is 0. The molecule has 102 valence electrons. The van der Waals surface area contributed by atoms with Crippen molar-refractivity contribution in [3.05, 3.63) is 28.3 Å². The molecule has 0 aliphatic carbocycles. The van der Waals surface area contributed by atoms with Gasteiger partial charge in [0.15, 0.2) is 17.4 Å². The van der Waals surface area contributed by atoms with Gasteiger partial charge in [0.2, 0.25) is 0 Å². The average Bonchev–Trinajstić information content (AvgIpc) is 2.82. The number of hydrogen-bond donors (Lipinski definition) is 1. The van der Waals surface area contributed by atoms with Crippen LogP contribution in [-0.2, 0) is 9.47 Å². The number of nitro groups is 1. The van der Waals surface area contributed by atoms with Gasteiger partial charge in [-0.3, -0.25) is 10.1 Å². The Morgan fingerprint density at radius 1 is 1.47 bits per heavy atom. The predicted molar refractivity (Wildman–Crippen MR) is 67.0 cm³/mol. The van der Waals surface area contributed by atoms with Crippen molar-refractivity contribution in [3.63, 3.8) is 0 Å². The number of nitro benzene ring substituents is 1. The fourth-order valence-electron chi connectivity index (χ4n) is 1.59. The van der Waals surface area contributed by atoms with Crippen LogP contribution in [-0.4, -0.2) is 37.0 Å². The largest absolute Gasteiger partial charge is 0.423 e. The molecule has 0 atom stereocenters. The summed E-state index contributed by atoms with van der Waals surface area (Å²) < 4.78 is 15.4. The van der Waals surface area contributed by atoms with Gasteiger partial charge in [-0.2, -0.15) is 4.98 Å². The Hall–Kier alpha value is -2.19. The molecule has 0 amide bonds. The highest BCUT2D eigenvalue weighted by Crippen LogP contribution is 2.27. The first-order valence-electron chi connectivity index (χ1n) is 5.49. The molecule has 8 nitrogen and oxygen atoms in total. The van der Waals surface area contributed by atoms with Crippen LogP contribution in [0.3, 0.4) is 0 Å². The van der Waals surface area contributed by atoms with Gasteiger partial charge in [-0.1, -0.05) is 6.07 Å². The van der Waals surface area contributed by atoms with Crippen LogP contribution < -0.4 is 5.32 Å². The van der Waals surface area contributed by atoms with E-state index < -0.39 is 11.2 Å². The summed E-state index contributed by atoms with van der Waals surface area (Å²) in [6, 6.07) is 4.72. The lowest BCUT2D eigenvalue weighted by Gasteiger charge is -2.12. The lowest BCUT2D eigenvalue weighted by atomic mass is 10.3. The van der Waals surface area contributed by atoms with Crippen molar-refractivity contribution in [3.8, 4) is 0 Å². The summed E-state index contributed by atoms with van der Waals surface area (Å²) in [5, 5.41) is 13.7. The van der Waals surface area contributed by atoms with Crippen molar-refractivity contribution in [1.82, 2.24) is 4.98 Å². The molecule has 1 aromatic carbocycles. The fourth-order valence-corrected chi connectivity index (χ4v) is 1.59. The van der Waals surface area contributed by atoms with Crippen LogP contribution in [0.5, 0.6) is 0 Å². The molecule has 0 saturated carbocycles. The average molecular weight is 267 g/mol. The van der Waals surface area contributed by atoms with Crippen molar-refractivity contribution in [2.45, 2.75) is 6.29 Å². The number of nitrogens with one attached hydrogen (secondary N) is 1. The molecule has 0 spiro atoms. The van der Waals surface area contributed by atoms with Gasteiger partial charge < -0.3 is 19.2 Å². The van der Waals surface area contributed by atoms with Gasteiger partial charge in [0.25, 0.3) is 11.7 Å². The molecule has 1 heterocycles. The Morgan fingerprint density at radius 3 is 2.84 bits per heavy atom. The molecular formula is C11H13N3O5. The fraction of sp³-hybridized carbons (Fsp3) is 0.364. The highest BCUT2D eigenvalue weighted by Gasteiger charge is 2.17. The van der Waals surface area contributed by atoms with Gasteiger partial charge in [-0.15, -0.1) is 0 Å². The standard InChI is InChI=1S/C11H13N3O5/c1-17-9(18-2)6-12-11-13-10-7(14(15)16)4-3-5-8(10)19-11/h3-5,9H,6H2,1-2H3,(H,12,13). The number of nitrogens with zero attached hydrogens (tertiary/aromatic N) is 2. The number of anilines is 1. The Labute approximate surface area is 108 Å². The summed E-state index contributed by atoms with van der Waals surface area (Å²) in [5.41, 5.74) is 0.466. The summed E-state index contributed by atoms with van der Waals surface area (Å²) in [6.07, 6.45) is -0.454. The maximum atomic E-state index is 10.8. The van der Waals surface area contributed by atoms with Gasteiger partial charge in [0, 0.05) is 20.3 Å². The minimum Gasteiger partial charge on any atom is -0.423 e. The van der Waals surface area contributed by atoms with Crippen LogP contribution in [0.25, 0.3) is 11.1 Å². The first-order valence-corrected chi connectivity index (χ1v) is 5.49. The topological polar surface area (TPSA) is 99.7 Å². The van der Waals surface area contributed by atoms with E-state index >= 15 is 0 Å². The minimum atomic E-state index is -0.498. The quantitative estimate of drug-likeness (QED) is 0.483. The number of benzene rings is 1. The molecule has 0 saturated heterocycles. The lowest BCUT2D eigenvalue weighted by Crippen LogP contribution is -2.23. The number of ether oxygens (including phenoxy) is 2. The molecule has 0 fully saturated rings. The van der Waals surface area contributed by atoms with Crippen molar-refractivity contribution in [1.29, 1.82) is 0 Å². The third kappa shape index (κ3) is 2.80. The van der Waals surface area contributed by atoms with Crippen molar-refractivity contribution >= 4 is 22.8 Å². The van der Waals surface area contributed by atoms with E-state index in [0.717, 1.165) is 0 Å². The SMILES string of the molecule is COC(CNc1nc2c([N+](=O)[O-])cccc2o1)OC. The monoisotopic (exact) mass is 267 g/mol. The predicted octanol–water partition coefficient (Wildman–Crippen LogP) is 1.77. The zero-order valence-electron chi connectivity index (χ0n) is 10.5. The maximum absolute atomic E-state index is 10.8. The van der Waals surface area contributed by atoms with E-state index in [0.29, 0.717) is 12.1 Å². The molecule has 2 rings (SSSR count). The highest BCUT2D eigenvalue weighted by molar-refractivity contribution is 5.83. The molecule has 0 unspecified atom stereocenters. The second-order valence-electron chi connectivity index (χ2n) is 3.68. The van der Waals surface area contributed by atoms with E-state index in [9.17, 15) is 10.1 Å². The second kappa shape index (κ2) is 5.63. The van der Waals surface area contributed by atoms with E-state index in [1.54, 1.807) is 12.1 Å². The first-order chi connectivity index (χ1) is 9.15. The number of oxazole rings is 1. The Balaban J connectivity index is 2.22. The number of fused-ring (bicyclic) bond motifs is 1. The molecule has 0 radical (unpaired) electrons. The zero-order chi connectivity index (χ0) is 13.8. The summed E-state index contributed by atoms with van der Waals surface area (Å²) in [6.45, 7) is 0.313. The number of rotatable bonds is 6. The smallest absolute Gasteiger partial charge is 0.298 e. The van der Waals surface area contributed by atoms with Gasteiger partial charge in [-0.25, -0.2) is 0 Å². The van der Waals surface area contributed by atoms with E-state index in [1.165, 1.54) is 20.3 Å². The van der Waals surface area contributed by atoms with Gasteiger partial charge in [0.1, 0.15) is 0 Å². The van der Waals surface area contributed by atoms with Crippen LogP contribution in [0.4, 0.5) is 11.7 Å². The Morgan fingerprint density at radius 2 is 2.21 bits per heavy atom. The number of methoxy groups -OCH3 is 2. The third-order valence-corrected chi connectivity index (χ3v) is 2.54. The lowest BCUT2D eigenvalue weighted by molar-refractivity contribution is -0.383. The molecule has 1 N–H and O–H groups in total. The van der Waals surface area contributed by atoms with Gasteiger partial charge >= 0.3 is 0 Å². The molecule has 0 aliphatic rings. The molecule has 0 bridgehead atoms. The Bertz CT molecular complexity index is 579. The van der Waals surface area contributed by atoms with Crippen molar-refractivity contribution in [2.75, 3.05) is 26.1 Å². The van der Waals surface area contributed by atoms with Crippen LogP contribution in [0.2, 0.25) is 0 Å². The van der Waals surface area contributed by atoms with Crippen LogP contribution in [0, 0.1) is 10.1 Å². The zero-order valence-corrected chi connectivity index (χ0v) is 10.5. The molecule has 1 aromatic heterocycles. The summed E-state index contributed by atoms with van der Waals surface area (Å²) in [4.78, 5) is 14.4. The molecular weight excluding hydrogens is 254 g/mol. The molecule has 8 heteroatoms. The van der Waals surface area contributed by atoms with E-state index in [-0.39, 0.29) is 17.2 Å². The second-order valence-corrected chi connectivity index (χ2v) is 3.68. The Kier molecular flexibility index (Phi) is 3.93. The number of para-hydroxylation sites is 1. The molecule has 2 aromatic rings. The minimum absolute atomic E-state index is 0.0932. The first kappa shape index (κ1) is 13.2. The van der Waals surface area contributed by atoms with Crippen molar-refractivity contribution in [2.24, 2.45) is 0 Å². The van der Waals surface area contributed by atoms with Gasteiger partial charge in [-0.05, 0) is 6.07 Å². The maximum Gasteiger partial charge on any atom is 0.298 e. The van der Waals surface area contributed by atoms with Crippen molar-refractivity contribution < 1.29 is 18.8 Å². The summed E-state index contributed by atoms with van der Waals surface area (Å²) in [7, 11) is 3.01.